The van der Waals surface area contributed by atoms with Crippen LogP contribution in [0.5, 0.6) is 11.5 Å². The molecule has 0 aliphatic heterocycles. The van der Waals surface area contributed by atoms with Crippen molar-refractivity contribution >= 4 is 37.7 Å². The summed E-state index contributed by atoms with van der Waals surface area (Å²) in [6.45, 7) is 3.96. The minimum Gasteiger partial charge on any atom is -0.506 e. The van der Waals surface area contributed by atoms with Crippen LogP contribution in [0.3, 0.4) is 0 Å². The molecule has 0 unspecified atom stereocenters. The van der Waals surface area contributed by atoms with E-state index in [-0.39, 0.29) is 17.9 Å². The zero-order chi connectivity index (χ0) is 23.4. The Morgan fingerprint density at radius 1 is 1.32 bits per heavy atom. The molecule has 2 aromatic carbocycles. The van der Waals surface area contributed by atoms with Crippen LogP contribution in [0.4, 0.5) is 0 Å². The number of hydrogen-bond donors (Lipinski definition) is 1. The Balaban J connectivity index is 1.68. The summed E-state index contributed by atoms with van der Waals surface area (Å²) in [4.78, 5) is 23.5. The van der Waals surface area contributed by atoms with Gasteiger partial charge in [0.25, 0.3) is 5.56 Å². The average Bonchev–Trinajstić information content (AvgIpc) is 3.44. The molecule has 0 atom stereocenters. The first-order chi connectivity index (χ1) is 16.6. The lowest BCUT2D eigenvalue weighted by atomic mass is 10.0. The third-order valence-electron chi connectivity index (χ3n) is 6.30. The number of phenols is 1. The Kier molecular flexibility index (Phi) is 4.77. The number of fused-ring (bicyclic) bond motifs is 3. The minimum atomic E-state index is -0.189. The number of phenolic OH excluding ortho intramolecular Hbond substituents is 1. The zero-order valence-corrected chi connectivity index (χ0v) is 19.3. The van der Waals surface area contributed by atoms with Gasteiger partial charge in [-0.2, -0.15) is 0 Å². The Bertz CT molecular complexity index is 1630. The molecule has 0 amide bonds. The molecule has 0 radical (unpaired) electrons. The maximum atomic E-state index is 14.0. The average molecular weight is 472 g/mol. The van der Waals surface area contributed by atoms with Crippen LogP contribution in [0.1, 0.15) is 35.6 Å². The molecule has 8 heteroatoms. The van der Waals surface area contributed by atoms with Gasteiger partial charge in [0.15, 0.2) is 6.39 Å². The Morgan fingerprint density at radius 3 is 2.88 bits per heavy atom. The summed E-state index contributed by atoms with van der Waals surface area (Å²) in [7, 11) is 1.65. The first-order valence-electron chi connectivity index (χ1n) is 11.0. The van der Waals surface area contributed by atoms with Crippen LogP contribution >= 0.6 is 11.3 Å². The van der Waals surface area contributed by atoms with Gasteiger partial charge in [0.1, 0.15) is 27.9 Å². The summed E-state index contributed by atoms with van der Waals surface area (Å²) in [5, 5.41) is 11.9. The number of rotatable bonds is 6. The number of ether oxygens (including phenoxy) is 1. The van der Waals surface area contributed by atoms with E-state index in [1.807, 2.05) is 24.3 Å². The normalized spacial score (nSPS) is 13.6. The molecular formula is C26H21N3O4S. The zero-order valence-electron chi connectivity index (χ0n) is 18.4. The summed E-state index contributed by atoms with van der Waals surface area (Å²) < 4.78 is 13.2. The van der Waals surface area contributed by atoms with Gasteiger partial charge in [-0.15, -0.1) is 11.3 Å². The topological polar surface area (TPSA) is 90.4 Å². The van der Waals surface area contributed by atoms with Crippen molar-refractivity contribution in [1.82, 2.24) is 14.5 Å². The quantitative estimate of drug-likeness (QED) is 0.349. The number of aromatic hydroxyl groups is 1. The van der Waals surface area contributed by atoms with Gasteiger partial charge in [-0.3, -0.25) is 9.36 Å². The third-order valence-corrected chi connectivity index (χ3v) is 7.41. The van der Waals surface area contributed by atoms with Gasteiger partial charge < -0.3 is 14.3 Å². The number of benzene rings is 2. The van der Waals surface area contributed by atoms with Crippen LogP contribution < -0.4 is 10.3 Å². The van der Waals surface area contributed by atoms with E-state index in [1.165, 1.54) is 17.7 Å². The van der Waals surface area contributed by atoms with Gasteiger partial charge in [0.2, 0.25) is 0 Å². The van der Waals surface area contributed by atoms with Crippen molar-refractivity contribution in [1.29, 1.82) is 0 Å². The fraction of sp³-hybridized carbons (Fsp3) is 0.192. The lowest BCUT2D eigenvalue weighted by Gasteiger charge is -2.15. The van der Waals surface area contributed by atoms with Crippen molar-refractivity contribution in [2.45, 2.75) is 25.3 Å². The highest BCUT2D eigenvalue weighted by Crippen LogP contribution is 2.46. The van der Waals surface area contributed by atoms with Crippen LogP contribution in [0.15, 0.2) is 58.7 Å². The molecule has 1 N–H and O–H groups in total. The van der Waals surface area contributed by atoms with E-state index >= 15 is 0 Å². The lowest BCUT2D eigenvalue weighted by molar-refractivity contribution is 0.414. The van der Waals surface area contributed by atoms with E-state index in [9.17, 15) is 9.90 Å². The van der Waals surface area contributed by atoms with Crippen LogP contribution in [0.25, 0.3) is 37.8 Å². The van der Waals surface area contributed by atoms with Crippen molar-refractivity contribution in [3.63, 3.8) is 0 Å². The maximum Gasteiger partial charge on any atom is 0.263 e. The van der Waals surface area contributed by atoms with E-state index in [4.69, 9.17) is 14.1 Å². The molecule has 34 heavy (non-hydrogen) atoms. The van der Waals surface area contributed by atoms with E-state index in [0.29, 0.717) is 43.4 Å². The predicted octanol–water partition coefficient (Wildman–Crippen LogP) is 5.55. The van der Waals surface area contributed by atoms with Gasteiger partial charge in [0.05, 0.1) is 29.9 Å². The molecule has 6 rings (SSSR count). The molecule has 0 bridgehead atoms. The molecule has 5 aromatic rings. The summed E-state index contributed by atoms with van der Waals surface area (Å²) in [6.07, 6.45) is 6.74. The largest absolute Gasteiger partial charge is 0.506 e. The van der Waals surface area contributed by atoms with Crippen molar-refractivity contribution in [3.8, 4) is 22.9 Å². The minimum absolute atomic E-state index is 0.112. The molecule has 3 heterocycles. The fourth-order valence-corrected chi connectivity index (χ4v) is 5.54. The summed E-state index contributed by atoms with van der Waals surface area (Å²) in [5.41, 5.74) is 2.45. The second kappa shape index (κ2) is 7.85. The molecule has 1 aliphatic carbocycles. The summed E-state index contributed by atoms with van der Waals surface area (Å²) in [5.74, 6) is 2.43. The second-order valence-corrected chi connectivity index (χ2v) is 9.39. The molecule has 7 nitrogen and oxygen atoms in total. The van der Waals surface area contributed by atoms with Gasteiger partial charge >= 0.3 is 0 Å². The number of oxazole rings is 1. The number of thiophene rings is 1. The second-order valence-electron chi connectivity index (χ2n) is 8.39. The molecule has 3 aromatic heterocycles. The van der Waals surface area contributed by atoms with Gasteiger partial charge in [-0.25, -0.2) is 9.97 Å². The smallest absolute Gasteiger partial charge is 0.263 e. The number of nitrogens with zero attached hydrogens (tertiary/aromatic N) is 3. The van der Waals surface area contributed by atoms with E-state index < -0.39 is 0 Å². The van der Waals surface area contributed by atoms with Crippen molar-refractivity contribution in [3.05, 3.63) is 76.7 Å². The first kappa shape index (κ1) is 20.7. The highest BCUT2D eigenvalue weighted by molar-refractivity contribution is 7.25. The van der Waals surface area contributed by atoms with Gasteiger partial charge in [-0.1, -0.05) is 24.8 Å². The highest BCUT2D eigenvalue weighted by atomic mass is 32.1. The van der Waals surface area contributed by atoms with E-state index in [1.54, 1.807) is 30.0 Å². The van der Waals surface area contributed by atoms with Crippen LogP contribution in [0.2, 0.25) is 0 Å². The summed E-state index contributed by atoms with van der Waals surface area (Å²) >= 11 is 1.31. The number of aromatic nitrogens is 3. The molecule has 0 saturated heterocycles. The maximum absolute atomic E-state index is 14.0. The van der Waals surface area contributed by atoms with E-state index in [2.05, 4.69) is 11.6 Å². The van der Waals surface area contributed by atoms with Crippen LogP contribution in [0, 0.1) is 0 Å². The SMILES string of the molecule is C=Cc1ccc2c(sc3nc(-c4ccc(OC)cc4C4CC4)n(Cc4cnco4)c(=O)c32)c1O. The van der Waals surface area contributed by atoms with Crippen molar-refractivity contribution in [2.75, 3.05) is 7.11 Å². The molecule has 1 saturated carbocycles. The summed E-state index contributed by atoms with van der Waals surface area (Å²) in [6, 6.07) is 9.51. The Hall–Kier alpha value is -3.91. The van der Waals surface area contributed by atoms with Crippen LogP contribution in [-0.2, 0) is 6.54 Å². The molecule has 1 fully saturated rings. The molecular weight excluding hydrogens is 450 g/mol. The van der Waals surface area contributed by atoms with E-state index in [0.717, 1.165) is 29.7 Å². The first-order valence-corrected chi connectivity index (χ1v) is 11.8. The third kappa shape index (κ3) is 3.21. The standard InChI is InChI=1S/C26H21N3O4S/c1-3-14-6-8-19-21-25(34-23(19)22(14)30)28-24(29(26(21)31)12-17-11-27-13-33-17)18-9-7-16(32-2)10-20(18)15-4-5-15/h3,6-11,13,15,30H,1,4-5,12H2,2H3. The van der Waals surface area contributed by atoms with Crippen molar-refractivity contribution in [2.24, 2.45) is 0 Å². The predicted molar refractivity (Wildman–Crippen MR) is 133 cm³/mol. The highest BCUT2D eigenvalue weighted by Gasteiger charge is 2.29. The molecule has 0 spiro atoms. The van der Waals surface area contributed by atoms with Gasteiger partial charge in [-0.05, 0) is 42.5 Å². The van der Waals surface area contributed by atoms with Crippen molar-refractivity contribution < 1.29 is 14.3 Å². The molecule has 170 valence electrons. The monoisotopic (exact) mass is 471 g/mol. The van der Waals surface area contributed by atoms with Crippen LogP contribution in [-0.4, -0.2) is 26.8 Å². The number of methoxy groups -OCH3 is 1. The molecule has 1 aliphatic rings. The fourth-order valence-electron chi connectivity index (χ4n) is 4.42. The Labute approximate surface area is 198 Å². The van der Waals surface area contributed by atoms with Gasteiger partial charge in [0, 0.05) is 16.5 Å². The lowest BCUT2D eigenvalue weighted by Crippen LogP contribution is -2.24. The Morgan fingerprint density at radius 2 is 2.18 bits per heavy atom. The number of hydrogen-bond acceptors (Lipinski definition) is 7.